The van der Waals surface area contributed by atoms with Gasteiger partial charge in [0.1, 0.15) is 0 Å². The Labute approximate surface area is 107 Å². The Hall–Kier alpha value is -0.940. The largest absolute Gasteiger partial charge is 0.266 e. The van der Waals surface area contributed by atoms with Crippen molar-refractivity contribution in [1.82, 2.24) is 4.98 Å². The third-order valence-electron chi connectivity index (χ3n) is 2.24. The molecule has 0 aliphatic rings. The number of rotatable bonds is 4. The van der Waals surface area contributed by atoms with Crippen LogP contribution in [0.15, 0.2) is 34.7 Å². The number of hydrogen-bond donors (Lipinski definition) is 0. The summed E-state index contributed by atoms with van der Waals surface area (Å²) in [7, 11) is 0. The predicted octanol–water partition coefficient (Wildman–Crippen LogP) is 4.87. The molecule has 0 bridgehead atoms. The Morgan fingerprint density at radius 2 is 2.29 bits per heavy atom. The molecule has 2 rings (SSSR count). The fourth-order valence-electron chi connectivity index (χ4n) is 1.44. The number of aryl methyl sites for hydroxylation is 1. The number of fused-ring (bicyclic) bond motifs is 1. The van der Waals surface area contributed by atoms with E-state index in [4.69, 9.17) is 0 Å². The Morgan fingerprint density at radius 3 is 3.00 bits per heavy atom. The van der Waals surface area contributed by atoms with Crippen LogP contribution >= 0.6 is 23.1 Å². The van der Waals surface area contributed by atoms with Crippen molar-refractivity contribution in [3.05, 3.63) is 35.9 Å². The van der Waals surface area contributed by atoms with Gasteiger partial charge in [-0.05, 0) is 31.1 Å². The summed E-state index contributed by atoms with van der Waals surface area (Å²) >= 11 is 3.14. The van der Waals surface area contributed by atoms with E-state index in [2.05, 4.69) is 4.98 Å². The lowest BCUT2D eigenvalue weighted by Gasteiger charge is -1.92. The van der Waals surface area contributed by atoms with Crippen LogP contribution in [0.5, 0.6) is 0 Å². The maximum absolute atomic E-state index is 11.8. The molecule has 2 aromatic rings. The van der Waals surface area contributed by atoms with Gasteiger partial charge in [0.15, 0.2) is 4.34 Å². The van der Waals surface area contributed by atoms with Crippen LogP contribution in [0.25, 0.3) is 10.2 Å². The van der Waals surface area contributed by atoms with E-state index in [9.17, 15) is 8.78 Å². The quantitative estimate of drug-likeness (QED) is 0.581. The minimum absolute atomic E-state index is 0.377. The molecular weight excluding hydrogens is 260 g/mol. The van der Waals surface area contributed by atoms with Gasteiger partial charge < -0.3 is 0 Å². The van der Waals surface area contributed by atoms with Crippen LogP contribution in [0.4, 0.5) is 8.78 Å². The van der Waals surface area contributed by atoms with Crippen LogP contribution < -0.4 is 0 Å². The third kappa shape index (κ3) is 3.26. The number of allylic oxidation sites excluding steroid dienone is 1. The van der Waals surface area contributed by atoms with E-state index in [1.807, 2.05) is 25.1 Å². The summed E-state index contributed by atoms with van der Waals surface area (Å²) in [4.78, 5) is 4.50. The van der Waals surface area contributed by atoms with Gasteiger partial charge in [0.25, 0.3) is 6.08 Å². The summed E-state index contributed by atoms with van der Waals surface area (Å²) in [6.07, 6.45) is -0.279. The van der Waals surface area contributed by atoms with Gasteiger partial charge in [0.05, 0.1) is 10.2 Å². The van der Waals surface area contributed by atoms with Crippen molar-refractivity contribution in [3.8, 4) is 0 Å². The molecule has 1 aromatic carbocycles. The lowest BCUT2D eigenvalue weighted by Crippen LogP contribution is -1.77. The summed E-state index contributed by atoms with van der Waals surface area (Å²) in [6.45, 7) is 2.03. The maximum Gasteiger partial charge on any atom is 0.266 e. The van der Waals surface area contributed by atoms with Gasteiger partial charge in [0.2, 0.25) is 0 Å². The molecule has 5 heteroatoms. The molecule has 0 radical (unpaired) electrons. The highest BCUT2D eigenvalue weighted by Crippen LogP contribution is 2.31. The summed E-state index contributed by atoms with van der Waals surface area (Å²) in [6, 6.07) is 6.06. The van der Waals surface area contributed by atoms with Crippen molar-refractivity contribution in [1.29, 1.82) is 0 Å². The van der Waals surface area contributed by atoms with Gasteiger partial charge in [0, 0.05) is 5.75 Å². The zero-order valence-electron chi connectivity index (χ0n) is 9.24. The fraction of sp³-hybridized carbons (Fsp3) is 0.250. The fourth-order valence-corrected chi connectivity index (χ4v) is 3.54. The van der Waals surface area contributed by atoms with E-state index in [0.29, 0.717) is 12.2 Å². The van der Waals surface area contributed by atoms with Gasteiger partial charge in [-0.25, -0.2) is 4.98 Å². The lowest BCUT2D eigenvalue weighted by atomic mass is 10.2. The van der Waals surface area contributed by atoms with Crippen LogP contribution in [0.1, 0.15) is 12.0 Å². The van der Waals surface area contributed by atoms with Crippen molar-refractivity contribution in [2.24, 2.45) is 0 Å². The Morgan fingerprint density at radius 1 is 1.47 bits per heavy atom. The first-order valence-electron chi connectivity index (χ1n) is 5.17. The summed E-state index contributed by atoms with van der Waals surface area (Å²) in [5.41, 5.74) is 2.17. The molecule has 0 aliphatic carbocycles. The second-order valence-electron chi connectivity index (χ2n) is 3.53. The second kappa shape index (κ2) is 5.60. The van der Waals surface area contributed by atoms with Crippen LogP contribution in [-0.4, -0.2) is 10.7 Å². The number of thiazole rings is 1. The van der Waals surface area contributed by atoms with Crippen molar-refractivity contribution < 1.29 is 8.78 Å². The van der Waals surface area contributed by atoms with Crippen LogP contribution in [-0.2, 0) is 0 Å². The highest BCUT2D eigenvalue weighted by Gasteiger charge is 2.05. The number of thioether (sulfide) groups is 1. The molecule has 0 atom stereocenters. The number of hydrogen-bond acceptors (Lipinski definition) is 3. The zero-order chi connectivity index (χ0) is 12.3. The molecule has 0 saturated carbocycles. The van der Waals surface area contributed by atoms with E-state index < -0.39 is 6.08 Å². The van der Waals surface area contributed by atoms with Gasteiger partial charge in [-0.3, -0.25) is 0 Å². The molecule has 0 saturated heterocycles. The Bertz CT molecular complexity index is 544. The summed E-state index contributed by atoms with van der Waals surface area (Å²) in [5, 5.41) is 0. The topological polar surface area (TPSA) is 12.9 Å². The van der Waals surface area contributed by atoms with E-state index >= 15 is 0 Å². The minimum Gasteiger partial charge on any atom is -0.229 e. The van der Waals surface area contributed by atoms with Crippen LogP contribution in [0, 0.1) is 6.92 Å². The number of halogens is 2. The first-order chi connectivity index (χ1) is 8.16. The third-order valence-corrected chi connectivity index (χ3v) is 4.44. The van der Waals surface area contributed by atoms with Gasteiger partial charge in [-0.1, -0.05) is 23.9 Å². The van der Waals surface area contributed by atoms with E-state index in [-0.39, 0.29) is 0 Å². The predicted molar refractivity (Wildman–Crippen MR) is 70.0 cm³/mol. The average molecular weight is 271 g/mol. The van der Waals surface area contributed by atoms with E-state index in [0.717, 1.165) is 26.2 Å². The normalized spacial score (nSPS) is 10.8. The summed E-state index contributed by atoms with van der Waals surface area (Å²) < 4.78 is 25.7. The number of nitrogens with zero attached hydrogens (tertiary/aromatic N) is 1. The molecule has 0 unspecified atom stereocenters. The standard InChI is InChI=1S/C12H11F2NS2/c1-8-4-2-5-9-11(8)15-12(17-9)16-7-3-6-10(13)14/h2,4-6H,3,7H2,1H3. The number of benzene rings is 1. The molecule has 0 N–H and O–H groups in total. The van der Waals surface area contributed by atoms with Crippen LogP contribution in [0.2, 0.25) is 0 Å². The molecule has 90 valence electrons. The van der Waals surface area contributed by atoms with Gasteiger partial charge in [-0.2, -0.15) is 8.78 Å². The first-order valence-corrected chi connectivity index (χ1v) is 6.97. The van der Waals surface area contributed by atoms with Gasteiger partial charge in [-0.15, -0.1) is 11.3 Å². The molecule has 0 aliphatic heterocycles. The smallest absolute Gasteiger partial charge is 0.229 e. The van der Waals surface area contributed by atoms with Gasteiger partial charge >= 0.3 is 0 Å². The SMILES string of the molecule is Cc1cccc2sc(SCCC=C(F)F)nc12. The van der Waals surface area contributed by atoms with Crippen LogP contribution in [0.3, 0.4) is 0 Å². The molecule has 0 spiro atoms. The van der Waals surface area contributed by atoms with Crippen molar-refractivity contribution in [3.63, 3.8) is 0 Å². The average Bonchev–Trinajstić information content (AvgIpc) is 2.69. The van der Waals surface area contributed by atoms with E-state index in [1.165, 1.54) is 11.8 Å². The molecule has 1 nitrogen and oxygen atoms in total. The number of para-hydroxylation sites is 1. The molecule has 1 aromatic heterocycles. The zero-order valence-corrected chi connectivity index (χ0v) is 10.9. The maximum atomic E-state index is 11.8. The first kappa shape index (κ1) is 12.5. The second-order valence-corrected chi connectivity index (χ2v) is 5.91. The van der Waals surface area contributed by atoms with Crippen molar-refractivity contribution in [2.75, 3.05) is 5.75 Å². The van der Waals surface area contributed by atoms with Crippen molar-refractivity contribution >= 4 is 33.3 Å². The molecule has 1 heterocycles. The highest BCUT2D eigenvalue weighted by atomic mass is 32.2. The number of aromatic nitrogens is 1. The van der Waals surface area contributed by atoms with E-state index in [1.54, 1.807) is 11.3 Å². The molecule has 0 amide bonds. The monoisotopic (exact) mass is 271 g/mol. The lowest BCUT2D eigenvalue weighted by molar-refractivity contribution is 0.418. The molecular formula is C12H11F2NS2. The minimum atomic E-state index is -1.61. The molecule has 17 heavy (non-hydrogen) atoms. The highest BCUT2D eigenvalue weighted by molar-refractivity contribution is 8.01. The Balaban J connectivity index is 2.05. The Kier molecular flexibility index (Phi) is 4.12. The summed E-state index contributed by atoms with van der Waals surface area (Å²) in [5.74, 6) is 0.635. The molecule has 0 fully saturated rings. The van der Waals surface area contributed by atoms with Crippen molar-refractivity contribution in [2.45, 2.75) is 17.7 Å².